The molecule has 2 nitrogen and oxygen atoms in total. The molecule has 0 fully saturated rings. The zero-order valence-corrected chi connectivity index (χ0v) is 4.76. The van der Waals surface area contributed by atoms with E-state index in [2.05, 4.69) is 24.1 Å². The number of nitrogens with zero attached hydrogens (tertiary/aromatic N) is 2. The van der Waals surface area contributed by atoms with E-state index in [4.69, 9.17) is 0 Å². The molecule has 0 aromatic carbocycles. The minimum absolute atomic E-state index is 0.472. The van der Waals surface area contributed by atoms with Crippen LogP contribution in [0.15, 0.2) is 10.2 Å². The maximum atomic E-state index is 3.94. The minimum Gasteiger partial charge on any atom is -0.194 e. The average Bonchev–Trinajstić information content (AvgIpc) is 1.91. The maximum absolute atomic E-state index is 3.94. The number of rotatable bonds is 0. The molecule has 0 amide bonds. The quantitative estimate of drug-likeness (QED) is 0.438. The van der Waals surface area contributed by atoms with Crippen LogP contribution in [0, 0.1) is 5.92 Å². The van der Waals surface area contributed by atoms with Gasteiger partial charge in [-0.15, -0.1) is 0 Å². The van der Waals surface area contributed by atoms with Crippen molar-refractivity contribution in [3.8, 4) is 0 Å². The van der Waals surface area contributed by atoms with Crippen LogP contribution in [0.2, 0.25) is 0 Å². The van der Waals surface area contributed by atoms with E-state index < -0.39 is 0 Å². The third kappa shape index (κ3) is 0.787. The predicted molar refractivity (Wildman–Crippen MR) is 28.3 cm³/mol. The second-order valence-corrected chi connectivity index (χ2v) is 2.16. The summed E-state index contributed by atoms with van der Waals surface area (Å²) in [7, 11) is 0. The van der Waals surface area contributed by atoms with Gasteiger partial charge < -0.3 is 0 Å². The molecule has 2 heteroatoms. The first-order valence-electron chi connectivity index (χ1n) is 2.67. The molecule has 1 rings (SSSR count). The molecule has 7 heavy (non-hydrogen) atoms. The summed E-state index contributed by atoms with van der Waals surface area (Å²) in [5.74, 6) is 0.681. The van der Waals surface area contributed by atoms with Crippen molar-refractivity contribution in [2.75, 3.05) is 6.54 Å². The lowest BCUT2D eigenvalue weighted by molar-refractivity contribution is 0.560. The molecule has 0 spiro atoms. The molecular weight excluding hydrogens is 88.1 g/mol. The number of hydrogen-bond acceptors (Lipinski definition) is 2. The van der Waals surface area contributed by atoms with Gasteiger partial charge in [-0.3, -0.25) is 0 Å². The fraction of sp³-hybridized carbons (Fsp3) is 1.00. The first-order valence-corrected chi connectivity index (χ1v) is 2.67. The van der Waals surface area contributed by atoms with Crippen molar-refractivity contribution in [2.45, 2.75) is 19.9 Å². The van der Waals surface area contributed by atoms with Crippen LogP contribution in [0.5, 0.6) is 0 Å². The number of azo groups is 1. The van der Waals surface area contributed by atoms with Crippen molar-refractivity contribution in [1.82, 2.24) is 0 Å². The van der Waals surface area contributed by atoms with E-state index in [1.807, 2.05) is 0 Å². The van der Waals surface area contributed by atoms with Crippen molar-refractivity contribution in [1.29, 1.82) is 0 Å². The Hall–Kier alpha value is -0.400. The standard InChI is InChI=1S/C5H10N2/c1-4-3-6-7-5(4)2/h4-5H,3H2,1-2H3/t4-,5-/m1/s1. The highest BCUT2D eigenvalue weighted by Gasteiger charge is 2.14. The lowest BCUT2D eigenvalue weighted by atomic mass is 10.1. The molecule has 1 aliphatic rings. The zero-order chi connectivity index (χ0) is 5.28. The van der Waals surface area contributed by atoms with Gasteiger partial charge in [0.05, 0.1) is 12.6 Å². The third-order valence-electron chi connectivity index (χ3n) is 1.46. The zero-order valence-electron chi connectivity index (χ0n) is 4.76. The molecule has 40 valence electrons. The summed E-state index contributed by atoms with van der Waals surface area (Å²) in [6, 6.07) is 0.472. The molecule has 0 bridgehead atoms. The van der Waals surface area contributed by atoms with Crippen LogP contribution < -0.4 is 0 Å². The van der Waals surface area contributed by atoms with Crippen LogP contribution in [-0.4, -0.2) is 12.6 Å². The summed E-state index contributed by atoms with van der Waals surface area (Å²) < 4.78 is 0. The van der Waals surface area contributed by atoms with E-state index in [0.29, 0.717) is 12.0 Å². The van der Waals surface area contributed by atoms with E-state index >= 15 is 0 Å². The highest BCUT2D eigenvalue weighted by atomic mass is 15.2. The molecule has 1 aliphatic heterocycles. The summed E-state index contributed by atoms with van der Waals surface area (Å²) in [5, 5.41) is 7.81. The second-order valence-electron chi connectivity index (χ2n) is 2.16. The Kier molecular flexibility index (Phi) is 1.09. The van der Waals surface area contributed by atoms with Gasteiger partial charge in [-0.25, -0.2) is 0 Å². The van der Waals surface area contributed by atoms with E-state index in [1.54, 1.807) is 0 Å². The van der Waals surface area contributed by atoms with Crippen molar-refractivity contribution >= 4 is 0 Å². The summed E-state index contributed by atoms with van der Waals surface area (Å²) in [5.41, 5.74) is 0. The lowest BCUT2D eigenvalue weighted by Crippen LogP contribution is -2.06. The van der Waals surface area contributed by atoms with Gasteiger partial charge in [0.25, 0.3) is 0 Å². The largest absolute Gasteiger partial charge is 0.194 e. The molecule has 0 saturated heterocycles. The first kappa shape index (κ1) is 4.75. The number of hydrogen-bond donors (Lipinski definition) is 0. The average molecular weight is 98.1 g/mol. The Labute approximate surface area is 43.6 Å². The lowest BCUT2D eigenvalue weighted by Gasteiger charge is -2.00. The van der Waals surface area contributed by atoms with Crippen molar-refractivity contribution in [2.24, 2.45) is 16.1 Å². The molecule has 1 heterocycles. The monoisotopic (exact) mass is 98.1 g/mol. The van der Waals surface area contributed by atoms with E-state index in [0.717, 1.165) is 6.54 Å². The van der Waals surface area contributed by atoms with Gasteiger partial charge in [0.2, 0.25) is 0 Å². The van der Waals surface area contributed by atoms with E-state index in [9.17, 15) is 0 Å². The highest BCUT2D eigenvalue weighted by Crippen LogP contribution is 2.13. The third-order valence-corrected chi connectivity index (χ3v) is 1.46. The first-order chi connectivity index (χ1) is 3.30. The molecule has 0 aromatic rings. The Morgan fingerprint density at radius 3 is 2.29 bits per heavy atom. The molecule has 0 N–H and O–H groups in total. The Morgan fingerprint density at radius 2 is 2.14 bits per heavy atom. The van der Waals surface area contributed by atoms with E-state index in [1.165, 1.54) is 0 Å². The molecule has 0 radical (unpaired) electrons. The van der Waals surface area contributed by atoms with Gasteiger partial charge in [0, 0.05) is 5.92 Å². The molecule has 0 unspecified atom stereocenters. The topological polar surface area (TPSA) is 24.7 Å². The van der Waals surface area contributed by atoms with Gasteiger partial charge in [-0.05, 0) is 6.92 Å². The molecular formula is C5H10N2. The summed E-state index contributed by atoms with van der Waals surface area (Å²) in [6.45, 7) is 5.20. The van der Waals surface area contributed by atoms with Crippen LogP contribution in [0.4, 0.5) is 0 Å². The Bertz CT molecular complexity index is 88.1. The van der Waals surface area contributed by atoms with Gasteiger partial charge >= 0.3 is 0 Å². The normalized spacial score (nSPS) is 39.7. The van der Waals surface area contributed by atoms with Gasteiger partial charge in [0.15, 0.2) is 0 Å². The van der Waals surface area contributed by atoms with Gasteiger partial charge in [0.1, 0.15) is 0 Å². The summed E-state index contributed by atoms with van der Waals surface area (Å²) >= 11 is 0. The fourth-order valence-corrected chi connectivity index (χ4v) is 0.571. The minimum atomic E-state index is 0.472. The van der Waals surface area contributed by atoms with E-state index in [-0.39, 0.29) is 0 Å². The summed E-state index contributed by atoms with van der Waals surface area (Å²) in [6.07, 6.45) is 0. The van der Waals surface area contributed by atoms with Crippen LogP contribution in [0.25, 0.3) is 0 Å². The highest BCUT2D eigenvalue weighted by molar-refractivity contribution is 4.72. The fourth-order valence-electron chi connectivity index (χ4n) is 0.571. The second kappa shape index (κ2) is 1.60. The Morgan fingerprint density at radius 1 is 1.43 bits per heavy atom. The summed E-state index contributed by atoms with van der Waals surface area (Å²) in [4.78, 5) is 0. The maximum Gasteiger partial charge on any atom is 0.0723 e. The predicted octanol–water partition coefficient (Wildman–Crippen LogP) is 1.48. The van der Waals surface area contributed by atoms with Crippen molar-refractivity contribution in [3.63, 3.8) is 0 Å². The van der Waals surface area contributed by atoms with Crippen LogP contribution in [-0.2, 0) is 0 Å². The van der Waals surface area contributed by atoms with Crippen molar-refractivity contribution < 1.29 is 0 Å². The smallest absolute Gasteiger partial charge is 0.0723 e. The Balaban J connectivity index is 2.45. The van der Waals surface area contributed by atoms with Crippen LogP contribution >= 0.6 is 0 Å². The molecule has 0 aliphatic carbocycles. The van der Waals surface area contributed by atoms with Gasteiger partial charge in [-0.1, -0.05) is 6.92 Å². The molecule has 0 aromatic heterocycles. The van der Waals surface area contributed by atoms with Gasteiger partial charge in [-0.2, -0.15) is 10.2 Å². The molecule has 0 saturated carbocycles. The van der Waals surface area contributed by atoms with Crippen LogP contribution in [0.1, 0.15) is 13.8 Å². The van der Waals surface area contributed by atoms with Crippen molar-refractivity contribution in [3.05, 3.63) is 0 Å². The SMILES string of the molecule is C[C@@H]1CN=N[C@@H]1C. The van der Waals surface area contributed by atoms with Crippen LogP contribution in [0.3, 0.4) is 0 Å². The molecule has 2 atom stereocenters.